The number of nitrogens with one attached hydrogen (secondary N) is 1. The number of morpholine rings is 1. The molecule has 0 amide bonds. The van der Waals surface area contributed by atoms with Gasteiger partial charge in [-0.15, -0.1) is 0 Å². The van der Waals surface area contributed by atoms with E-state index in [1.807, 2.05) is 18.6 Å². The van der Waals surface area contributed by atoms with Crippen LogP contribution >= 0.6 is 0 Å². The lowest BCUT2D eigenvalue weighted by Gasteiger charge is -2.38. The summed E-state index contributed by atoms with van der Waals surface area (Å²) >= 11 is 0. The van der Waals surface area contributed by atoms with Gasteiger partial charge in [-0.05, 0) is 26.2 Å². The smallest absolute Gasteiger partial charge is 0.180 e. The third kappa shape index (κ3) is 2.14. The fourth-order valence-electron chi connectivity index (χ4n) is 3.56. The van der Waals surface area contributed by atoms with Gasteiger partial charge in [0, 0.05) is 25.5 Å². The van der Waals surface area contributed by atoms with Crippen LogP contribution in [0.4, 0.5) is 11.6 Å². The first kappa shape index (κ1) is 12.9. The number of ether oxygens (including phenoxy) is 1. The molecule has 0 radical (unpaired) electrons. The summed E-state index contributed by atoms with van der Waals surface area (Å²) in [5, 5.41) is 3.31. The lowest BCUT2D eigenvalue weighted by Crippen LogP contribution is -2.49. The lowest BCUT2D eigenvalue weighted by molar-refractivity contribution is 0.0254. The fraction of sp³-hybridized carbons (Fsp3) is 0.600. The van der Waals surface area contributed by atoms with Crippen LogP contribution in [0.3, 0.4) is 0 Å². The maximum absolute atomic E-state index is 5.91. The van der Waals surface area contributed by atoms with Crippen molar-refractivity contribution >= 4 is 17.3 Å². The van der Waals surface area contributed by atoms with Crippen molar-refractivity contribution in [3.8, 4) is 0 Å². The van der Waals surface area contributed by atoms with E-state index < -0.39 is 0 Å². The van der Waals surface area contributed by atoms with Crippen LogP contribution in [-0.2, 0) is 4.74 Å². The Morgan fingerprint density at radius 2 is 2.38 bits per heavy atom. The second kappa shape index (κ2) is 5.18. The molecule has 2 atom stereocenters. The van der Waals surface area contributed by atoms with Crippen LogP contribution in [0.2, 0.25) is 0 Å². The number of rotatable bonds is 3. The Labute approximate surface area is 124 Å². The lowest BCUT2D eigenvalue weighted by atomic mass is 10.1. The number of nitrogens with zero attached hydrogens (tertiary/aromatic N) is 4. The SMILES string of the molecule is CCNc1cn2ccnc2c(N2CCOC3CCCC32)n1. The average Bonchev–Trinajstić information content (AvgIpc) is 3.14. The van der Waals surface area contributed by atoms with Crippen molar-refractivity contribution in [1.29, 1.82) is 0 Å². The normalized spacial score (nSPS) is 25.3. The minimum atomic E-state index is 0.360. The molecule has 0 bridgehead atoms. The molecule has 1 aliphatic carbocycles. The van der Waals surface area contributed by atoms with Gasteiger partial charge in [0.1, 0.15) is 5.82 Å². The average molecular weight is 287 g/mol. The minimum absolute atomic E-state index is 0.360. The Hall–Kier alpha value is -1.82. The highest BCUT2D eigenvalue weighted by atomic mass is 16.5. The molecule has 2 aliphatic rings. The topological polar surface area (TPSA) is 54.7 Å². The van der Waals surface area contributed by atoms with Crippen molar-refractivity contribution in [1.82, 2.24) is 14.4 Å². The molecule has 1 saturated carbocycles. The molecule has 0 aromatic carbocycles. The number of anilines is 2. The van der Waals surface area contributed by atoms with Gasteiger partial charge in [0.15, 0.2) is 11.5 Å². The van der Waals surface area contributed by atoms with E-state index in [0.717, 1.165) is 37.0 Å². The zero-order chi connectivity index (χ0) is 14.2. The summed E-state index contributed by atoms with van der Waals surface area (Å²) in [5.74, 6) is 1.89. The van der Waals surface area contributed by atoms with E-state index in [1.165, 1.54) is 19.3 Å². The van der Waals surface area contributed by atoms with Crippen LogP contribution in [0, 0.1) is 0 Å². The first-order valence-electron chi connectivity index (χ1n) is 7.82. The molecule has 0 spiro atoms. The molecule has 2 unspecified atom stereocenters. The minimum Gasteiger partial charge on any atom is -0.374 e. The second-order valence-electron chi connectivity index (χ2n) is 5.74. The quantitative estimate of drug-likeness (QED) is 0.934. The number of hydrogen-bond acceptors (Lipinski definition) is 5. The molecule has 1 saturated heterocycles. The Kier molecular flexibility index (Phi) is 3.18. The monoisotopic (exact) mass is 287 g/mol. The Bertz CT molecular complexity index is 640. The molecular formula is C15H21N5O. The van der Waals surface area contributed by atoms with Crippen molar-refractivity contribution in [2.24, 2.45) is 0 Å². The highest BCUT2D eigenvalue weighted by Crippen LogP contribution is 2.34. The second-order valence-corrected chi connectivity index (χ2v) is 5.74. The van der Waals surface area contributed by atoms with Crippen LogP contribution in [0.1, 0.15) is 26.2 Å². The van der Waals surface area contributed by atoms with E-state index in [1.54, 1.807) is 0 Å². The molecule has 6 nitrogen and oxygen atoms in total. The number of hydrogen-bond donors (Lipinski definition) is 1. The zero-order valence-electron chi connectivity index (χ0n) is 12.3. The first-order valence-corrected chi connectivity index (χ1v) is 7.82. The number of imidazole rings is 1. The summed E-state index contributed by atoms with van der Waals surface area (Å²) in [6.07, 6.45) is 9.77. The van der Waals surface area contributed by atoms with Crippen LogP contribution in [-0.4, -0.2) is 46.2 Å². The first-order chi connectivity index (χ1) is 10.4. The van der Waals surface area contributed by atoms with Gasteiger partial charge in [-0.25, -0.2) is 9.97 Å². The van der Waals surface area contributed by atoms with Crippen LogP contribution < -0.4 is 10.2 Å². The fourth-order valence-corrected chi connectivity index (χ4v) is 3.56. The van der Waals surface area contributed by atoms with Crippen LogP contribution in [0.25, 0.3) is 5.65 Å². The van der Waals surface area contributed by atoms with Gasteiger partial charge in [0.25, 0.3) is 0 Å². The molecule has 2 fully saturated rings. The summed E-state index contributed by atoms with van der Waals surface area (Å²) in [4.78, 5) is 11.7. The standard InChI is InChI=1S/C15H21N5O/c1-2-16-13-10-19-7-6-17-14(19)15(18-13)20-8-9-21-12-5-3-4-11(12)20/h6-7,10-12,16H,2-5,8-9H2,1H3. The van der Waals surface area contributed by atoms with E-state index in [4.69, 9.17) is 9.72 Å². The third-order valence-electron chi connectivity index (χ3n) is 4.47. The van der Waals surface area contributed by atoms with Gasteiger partial charge in [0.2, 0.25) is 0 Å². The summed E-state index contributed by atoms with van der Waals surface area (Å²) in [7, 11) is 0. The van der Waals surface area contributed by atoms with Gasteiger partial charge in [-0.2, -0.15) is 0 Å². The Balaban J connectivity index is 1.78. The van der Waals surface area contributed by atoms with Crippen molar-refractivity contribution < 1.29 is 4.74 Å². The highest BCUT2D eigenvalue weighted by Gasteiger charge is 2.37. The van der Waals surface area contributed by atoms with E-state index in [-0.39, 0.29) is 0 Å². The maximum atomic E-state index is 5.91. The van der Waals surface area contributed by atoms with E-state index in [0.29, 0.717) is 12.1 Å². The molecule has 21 heavy (non-hydrogen) atoms. The van der Waals surface area contributed by atoms with E-state index in [2.05, 4.69) is 26.5 Å². The Morgan fingerprint density at radius 1 is 1.43 bits per heavy atom. The third-order valence-corrected chi connectivity index (χ3v) is 4.47. The maximum Gasteiger partial charge on any atom is 0.180 e. The molecular weight excluding hydrogens is 266 g/mol. The molecule has 2 aromatic rings. The molecule has 3 heterocycles. The van der Waals surface area contributed by atoms with E-state index >= 15 is 0 Å². The van der Waals surface area contributed by atoms with Crippen molar-refractivity contribution in [3.63, 3.8) is 0 Å². The summed E-state index contributed by atoms with van der Waals surface area (Å²) in [6.45, 7) is 4.62. The number of aromatic nitrogens is 3. The van der Waals surface area contributed by atoms with Crippen molar-refractivity contribution in [3.05, 3.63) is 18.6 Å². The van der Waals surface area contributed by atoms with Gasteiger partial charge < -0.3 is 19.4 Å². The molecule has 2 aromatic heterocycles. The Morgan fingerprint density at radius 3 is 3.29 bits per heavy atom. The summed E-state index contributed by atoms with van der Waals surface area (Å²) in [5.41, 5.74) is 0.934. The van der Waals surface area contributed by atoms with Gasteiger partial charge in [0.05, 0.1) is 24.9 Å². The van der Waals surface area contributed by atoms with Crippen LogP contribution in [0.5, 0.6) is 0 Å². The molecule has 4 rings (SSSR count). The largest absolute Gasteiger partial charge is 0.374 e. The van der Waals surface area contributed by atoms with Crippen molar-refractivity contribution in [2.75, 3.05) is 29.9 Å². The van der Waals surface area contributed by atoms with Gasteiger partial charge >= 0.3 is 0 Å². The summed E-state index contributed by atoms with van der Waals surface area (Å²) in [6, 6.07) is 0.448. The zero-order valence-corrected chi connectivity index (χ0v) is 12.3. The molecule has 6 heteroatoms. The van der Waals surface area contributed by atoms with Gasteiger partial charge in [-0.1, -0.05) is 0 Å². The molecule has 1 aliphatic heterocycles. The molecule has 1 N–H and O–H groups in total. The number of fused-ring (bicyclic) bond motifs is 2. The predicted octanol–water partition coefficient (Wildman–Crippen LogP) is 1.92. The van der Waals surface area contributed by atoms with Crippen LogP contribution in [0.15, 0.2) is 18.6 Å². The van der Waals surface area contributed by atoms with Crippen molar-refractivity contribution in [2.45, 2.75) is 38.3 Å². The van der Waals surface area contributed by atoms with Gasteiger partial charge in [-0.3, -0.25) is 0 Å². The predicted molar refractivity (Wildman–Crippen MR) is 81.9 cm³/mol. The summed E-state index contributed by atoms with van der Waals surface area (Å²) < 4.78 is 7.97. The highest BCUT2D eigenvalue weighted by molar-refractivity contribution is 5.67. The van der Waals surface area contributed by atoms with E-state index in [9.17, 15) is 0 Å². The molecule has 112 valence electrons.